The Hall–Kier alpha value is 1.19. The quantitative estimate of drug-likeness (QED) is 0.570. The standard InChI is InChI=1S/C10H9Cl5/c11-6-7(12)10(15)5-3-1-2-4(5)9(6,14)8(10)13/h4-5,8H,1-3H2/t4-,5+,8?,9-,10+. The van der Waals surface area contributed by atoms with E-state index < -0.39 is 9.75 Å². The topological polar surface area (TPSA) is 0 Å². The van der Waals surface area contributed by atoms with Crippen LogP contribution < -0.4 is 0 Å². The largest absolute Gasteiger partial charge is 0.118 e. The minimum Gasteiger partial charge on any atom is -0.118 e. The van der Waals surface area contributed by atoms with Crippen molar-refractivity contribution in [3.63, 3.8) is 0 Å². The highest BCUT2D eigenvalue weighted by Gasteiger charge is 2.74. The monoisotopic (exact) mass is 304 g/mol. The van der Waals surface area contributed by atoms with E-state index in [-0.39, 0.29) is 17.2 Å². The summed E-state index contributed by atoms with van der Waals surface area (Å²) in [6.45, 7) is 0. The smallest absolute Gasteiger partial charge is 0.103 e. The average molecular weight is 306 g/mol. The Balaban J connectivity index is 2.23. The van der Waals surface area contributed by atoms with Crippen molar-refractivity contribution >= 4 is 58.0 Å². The van der Waals surface area contributed by atoms with Gasteiger partial charge in [0.05, 0.1) is 15.4 Å². The first-order valence-corrected chi connectivity index (χ1v) is 6.98. The Morgan fingerprint density at radius 2 is 1.33 bits per heavy atom. The molecule has 0 heterocycles. The lowest BCUT2D eigenvalue weighted by Gasteiger charge is -2.32. The van der Waals surface area contributed by atoms with Crippen molar-refractivity contribution in [2.75, 3.05) is 0 Å². The van der Waals surface area contributed by atoms with Crippen LogP contribution >= 0.6 is 58.0 Å². The van der Waals surface area contributed by atoms with Crippen LogP contribution in [0.5, 0.6) is 0 Å². The van der Waals surface area contributed by atoms with E-state index in [0.29, 0.717) is 10.1 Å². The van der Waals surface area contributed by atoms with Gasteiger partial charge in [-0.25, -0.2) is 0 Å². The minimum absolute atomic E-state index is 0.286. The molecule has 84 valence electrons. The third kappa shape index (κ3) is 1.01. The molecule has 3 rings (SSSR count). The fraction of sp³-hybridized carbons (Fsp3) is 0.800. The molecule has 0 nitrogen and oxygen atoms in total. The Bertz CT molecular complexity index is 333. The zero-order chi connectivity index (χ0) is 11.0. The van der Waals surface area contributed by atoms with Gasteiger partial charge in [-0.15, -0.1) is 34.8 Å². The number of allylic oxidation sites excluding steroid dienone is 2. The van der Waals surface area contributed by atoms with Gasteiger partial charge in [0.1, 0.15) is 9.75 Å². The molecule has 0 aromatic rings. The highest BCUT2D eigenvalue weighted by Crippen LogP contribution is 2.72. The van der Waals surface area contributed by atoms with Crippen molar-refractivity contribution in [1.29, 1.82) is 0 Å². The maximum Gasteiger partial charge on any atom is 0.103 e. The summed E-state index contributed by atoms with van der Waals surface area (Å²) in [6.07, 6.45) is 3.23. The predicted octanol–water partition coefficient (Wildman–Crippen LogP) is 4.68. The normalized spacial score (nSPS) is 57.8. The van der Waals surface area contributed by atoms with Crippen molar-refractivity contribution in [3.8, 4) is 0 Å². The van der Waals surface area contributed by atoms with Crippen molar-refractivity contribution in [2.45, 2.75) is 34.4 Å². The summed E-state index contributed by atoms with van der Waals surface area (Å²) in [7, 11) is 0. The summed E-state index contributed by atoms with van der Waals surface area (Å²) in [5.41, 5.74) is 0. The summed E-state index contributed by atoms with van der Waals surface area (Å²) in [5.74, 6) is 0.573. The summed E-state index contributed by atoms with van der Waals surface area (Å²) in [5, 5.41) is 0.566. The molecule has 5 heteroatoms. The molecule has 3 aliphatic carbocycles. The second-order valence-corrected chi connectivity index (χ2v) is 7.11. The molecule has 0 N–H and O–H groups in total. The number of halogens is 5. The van der Waals surface area contributed by atoms with Gasteiger partial charge in [-0.2, -0.15) is 0 Å². The molecule has 0 aromatic carbocycles. The lowest BCUT2D eigenvalue weighted by molar-refractivity contribution is 0.382. The highest BCUT2D eigenvalue weighted by atomic mass is 35.5. The fourth-order valence-electron chi connectivity index (χ4n) is 3.53. The van der Waals surface area contributed by atoms with Crippen molar-refractivity contribution in [1.82, 2.24) is 0 Å². The number of hydrogen-bond acceptors (Lipinski definition) is 0. The van der Waals surface area contributed by atoms with Crippen LogP contribution in [0, 0.1) is 11.8 Å². The summed E-state index contributed by atoms with van der Waals surface area (Å²) >= 11 is 32.0. The van der Waals surface area contributed by atoms with Gasteiger partial charge in [-0.1, -0.05) is 29.6 Å². The molecule has 2 fully saturated rings. The molecule has 0 radical (unpaired) electrons. The van der Waals surface area contributed by atoms with Crippen LogP contribution in [0.3, 0.4) is 0 Å². The summed E-state index contributed by atoms with van der Waals surface area (Å²) in [4.78, 5) is -1.44. The van der Waals surface area contributed by atoms with Crippen LogP contribution in [0.2, 0.25) is 0 Å². The molecule has 15 heavy (non-hydrogen) atoms. The van der Waals surface area contributed by atoms with Crippen LogP contribution in [0.4, 0.5) is 0 Å². The SMILES string of the molecule is ClC1=C(Cl)[C@]2(Cl)C(Cl)[C@@]1(Cl)[C@@H]1CCC[C@@H]12. The molecule has 0 saturated heterocycles. The lowest BCUT2D eigenvalue weighted by Crippen LogP contribution is -2.35. The van der Waals surface area contributed by atoms with Gasteiger partial charge in [0.15, 0.2) is 0 Å². The number of hydrogen-bond donors (Lipinski definition) is 0. The third-order valence-corrected chi connectivity index (χ3v) is 7.78. The molecule has 0 aliphatic heterocycles. The Morgan fingerprint density at radius 3 is 1.73 bits per heavy atom. The molecule has 5 atom stereocenters. The number of alkyl halides is 3. The molecule has 1 unspecified atom stereocenters. The van der Waals surface area contributed by atoms with E-state index in [1.165, 1.54) is 0 Å². The first-order valence-electron chi connectivity index (χ1n) is 5.03. The zero-order valence-corrected chi connectivity index (χ0v) is 11.5. The number of rotatable bonds is 0. The average Bonchev–Trinajstić information content (AvgIpc) is 2.79. The van der Waals surface area contributed by atoms with E-state index in [1.54, 1.807) is 0 Å². The predicted molar refractivity (Wildman–Crippen MR) is 66.4 cm³/mol. The van der Waals surface area contributed by atoms with Crippen LogP contribution in [0.25, 0.3) is 0 Å². The van der Waals surface area contributed by atoms with E-state index in [9.17, 15) is 0 Å². The van der Waals surface area contributed by atoms with Gasteiger partial charge < -0.3 is 0 Å². The summed E-state index contributed by atoms with van der Waals surface area (Å²) in [6, 6.07) is 0. The van der Waals surface area contributed by atoms with Crippen LogP contribution in [-0.4, -0.2) is 15.1 Å². The van der Waals surface area contributed by atoms with Gasteiger partial charge >= 0.3 is 0 Å². The van der Waals surface area contributed by atoms with Gasteiger partial charge in [0.25, 0.3) is 0 Å². The minimum atomic E-state index is -0.719. The Kier molecular flexibility index (Phi) is 2.37. The zero-order valence-electron chi connectivity index (χ0n) is 7.74. The van der Waals surface area contributed by atoms with Crippen LogP contribution in [-0.2, 0) is 0 Å². The van der Waals surface area contributed by atoms with Crippen molar-refractivity contribution in [2.24, 2.45) is 11.8 Å². The Morgan fingerprint density at radius 1 is 0.933 bits per heavy atom. The van der Waals surface area contributed by atoms with Gasteiger partial charge in [-0.3, -0.25) is 0 Å². The molecule has 0 spiro atoms. The van der Waals surface area contributed by atoms with Crippen LogP contribution in [0.15, 0.2) is 10.1 Å². The van der Waals surface area contributed by atoms with E-state index in [4.69, 9.17) is 58.0 Å². The van der Waals surface area contributed by atoms with Gasteiger partial charge in [-0.05, 0) is 24.7 Å². The summed E-state index contributed by atoms with van der Waals surface area (Å²) < 4.78 is 0. The number of fused-ring (bicyclic) bond motifs is 5. The second-order valence-electron chi connectivity index (χ2n) is 4.67. The fourth-order valence-corrected chi connectivity index (χ4v) is 6.20. The van der Waals surface area contributed by atoms with Gasteiger partial charge in [0, 0.05) is 0 Å². The van der Waals surface area contributed by atoms with E-state index >= 15 is 0 Å². The molecule has 2 saturated carbocycles. The molecular formula is C10H9Cl5. The van der Waals surface area contributed by atoms with E-state index in [2.05, 4.69) is 0 Å². The maximum atomic E-state index is 6.59. The molecule has 2 bridgehead atoms. The third-order valence-electron chi connectivity index (χ3n) is 4.20. The Labute approximate surface area is 114 Å². The first-order chi connectivity index (χ1) is 6.95. The molecule has 3 aliphatic rings. The second kappa shape index (κ2) is 3.14. The van der Waals surface area contributed by atoms with E-state index in [0.717, 1.165) is 19.3 Å². The van der Waals surface area contributed by atoms with Crippen molar-refractivity contribution < 1.29 is 0 Å². The maximum absolute atomic E-state index is 6.59. The lowest BCUT2D eigenvalue weighted by atomic mass is 9.85. The highest BCUT2D eigenvalue weighted by molar-refractivity contribution is 6.55. The molecule has 0 amide bonds. The first kappa shape index (κ1) is 11.3. The molecular weight excluding hydrogens is 297 g/mol. The van der Waals surface area contributed by atoms with Crippen molar-refractivity contribution in [3.05, 3.63) is 10.1 Å². The van der Waals surface area contributed by atoms with E-state index in [1.807, 2.05) is 0 Å². The van der Waals surface area contributed by atoms with Gasteiger partial charge in [0.2, 0.25) is 0 Å². The van der Waals surface area contributed by atoms with Crippen LogP contribution in [0.1, 0.15) is 19.3 Å². The molecule has 0 aromatic heterocycles.